The van der Waals surface area contributed by atoms with E-state index in [-0.39, 0.29) is 0 Å². The number of nitrogens with zero attached hydrogens (tertiary/aromatic N) is 2. The standard InChI is InChI=1S/C15H23N3OSi/c1-13(9-16)7-14-8-15(10-17)18(11-14)12-19-5-6-20(2,3)4/h8-9,11,16H,1,5-7,12H2,2-4H3. The molecule has 0 aliphatic heterocycles. The summed E-state index contributed by atoms with van der Waals surface area (Å²) in [6, 6.07) is 5.12. The number of nitrogens with one attached hydrogen (secondary N) is 1. The molecule has 0 radical (unpaired) electrons. The lowest BCUT2D eigenvalue weighted by molar-refractivity contribution is 0.0869. The molecule has 0 saturated carbocycles. The van der Waals surface area contributed by atoms with Gasteiger partial charge in [-0.25, -0.2) is 0 Å². The fourth-order valence-corrected chi connectivity index (χ4v) is 2.48. The van der Waals surface area contributed by atoms with Crippen molar-refractivity contribution in [3.8, 4) is 6.07 Å². The monoisotopic (exact) mass is 289 g/mol. The molecule has 108 valence electrons. The van der Waals surface area contributed by atoms with Crippen LogP contribution in [0, 0.1) is 16.7 Å². The summed E-state index contributed by atoms with van der Waals surface area (Å²) in [5, 5.41) is 16.3. The van der Waals surface area contributed by atoms with Crippen LogP contribution in [0.2, 0.25) is 25.7 Å². The lowest BCUT2D eigenvalue weighted by Crippen LogP contribution is -2.22. The van der Waals surface area contributed by atoms with Crippen LogP contribution in [0.1, 0.15) is 11.3 Å². The highest BCUT2D eigenvalue weighted by Gasteiger charge is 2.12. The van der Waals surface area contributed by atoms with Crippen molar-refractivity contribution in [1.29, 1.82) is 10.7 Å². The fourth-order valence-electron chi connectivity index (χ4n) is 1.72. The number of hydrogen-bond donors (Lipinski definition) is 1. The SMILES string of the molecule is C=C(C=N)Cc1cc(C#N)n(COCC[Si](C)(C)C)c1. The van der Waals surface area contributed by atoms with Crippen molar-refractivity contribution in [1.82, 2.24) is 4.57 Å². The van der Waals surface area contributed by atoms with Gasteiger partial charge in [-0.1, -0.05) is 26.2 Å². The van der Waals surface area contributed by atoms with Crippen LogP contribution in [-0.4, -0.2) is 25.5 Å². The molecule has 5 heteroatoms. The van der Waals surface area contributed by atoms with Gasteiger partial charge < -0.3 is 14.7 Å². The molecule has 0 unspecified atom stereocenters. The molecule has 0 aliphatic rings. The third-order valence-corrected chi connectivity index (χ3v) is 4.63. The quantitative estimate of drug-likeness (QED) is 0.453. The molecule has 1 aromatic rings. The molecular formula is C15H23N3OSi. The van der Waals surface area contributed by atoms with E-state index in [4.69, 9.17) is 15.4 Å². The van der Waals surface area contributed by atoms with Crippen LogP contribution in [0.15, 0.2) is 24.4 Å². The Morgan fingerprint density at radius 3 is 2.80 bits per heavy atom. The predicted molar refractivity (Wildman–Crippen MR) is 84.9 cm³/mol. The zero-order valence-electron chi connectivity index (χ0n) is 12.6. The van der Waals surface area contributed by atoms with Gasteiger partial charge in [-0.05, 0) is 29.7 Å². The van der Waals surface area contributed by atoms with Crippen LogP contribution in [-0.2, 0) is 17.9 Å². The van der Waals surface area contributed by atoms with Gasteiger partial charge in [-0.3, -0.25) is 0 Å². The van der Waals surface area contributed by atoms with Crippen LogP contribution in [0.25, 0.3) is 0 Å². The first-order valence-electron chi connectivity index (χ1n) is 6.71. The van der Waals surface area contributed by atoms with Crippen LogP contribution in [0.3, 0.4) is 0 Å². The van der Waals surface area contributed by atoms with Crippen molar-refractivity contribution >= 4 is 14.3 Å². The molecule has 4 nitrogen and oxygen atoms in total. The minimum absolute atomic E-state index is 0.407. The summed E-state index contributed by atoms with van der Waals surface area (Å²) in [6.07, 6.45) is 3.75. The molecule has 0 bridgehead atoms. The van der Waals surface area contributed by atoms with Gasteiger partial charge in [0.2, 0.25) is 0 Å². The molecular weight excluding hydrogens is 266 g/mol. The fraction of sp³-hybridized carbons (Fsp3) is 0.467. The maximum Gasteiger partial charge on any atom is 0.123 e. The Kier molecular flexibility index (Phi) is 5.93. The van der Waals surface area contributed by atoms with Gasteiger partial charge in [-0.15, -0.1) is 0 Å². The summed E-state index contributed by atoms with van der Waals surface area (Å²) in [5.74, 6) is 0. The zero-order chi connectivity index (χ0) is 15.2. The Morgan fingerprint density at radius 2 is 2.25 bits per heavy atom. The summed E-state index contributed by atoms with van der Waals surface area (Å²) in [4.78, 5) is 0. The first kappa shape index (κ1) is 16.4. The minimum Gasteiger partial charge on any atom is -0.361 e. The first-order chi connectivity index (χ1) is 9.35. The summed E-state index contributed by atoms with van der Waals surface area (Å²) in [5.41, 5.74) is 2.31. The minimum atomic E-state index is -1.07. The smallest absolute Gasteiger partial charge is 0.123 e. The van der Waals surface area contributed by atoms with Crippen molar-refractivity contribution in [2.24, 2.45) is 0 Å². The maximum atomic E-state index is 9.12. The lowest BCUT2D eigenvalue weighted by atomic mass is 10.1. The summed E-state index contributed by atoms with van der Waals surface area (Å²) in [6.45, 7) is 11.9. The Balaban J connectivity index is 2.59. The lowest BCUT2D eigenvalue weighted by Gasteiger charge is -2.15. The second-order valence-corrected chi connectivity index (χ2v) is 11.8. The molecule has 0 aliphatic carbocycles. The first-order valence-corrected chi connectivity index (χ1v) is 10.4. The second kappa shape index (κ2) is 7.22. The van der Waals surface area contributed by atoms with Crippen LogP contribution < -0.4 is 0 Å². The predicted octanol–water partition coefficient (Wildman–Crippen LogP) is 3.42. The molecule has 0 amide bonds. The topological polar surface area (TPSA) is 61.8 Å². The number of hydrogen-bond acceptors (Lipinski definition) is 3. The van der Waals surface area contributed by atoms with Crippen molar-refractivity contribution in [2.45, 2.75) is 38.8 Å². The van der Waals surface area contributed by atoms with E-state index in [1.165, 1.54) is 6.21 Å². The van der Waals surface area contributed by atoms with Crippen molar-refractivity contribution in [3.63, 3.8) is 0 Å². The van der Waals surface area contributed by atoms with Gasteiger partial charge in [0.1, 0.15) is 18.5 Å². The average molecular weight is 289 g/mol. The van der Waals surface area contributed by atoms with E-state index in [1.54, 1.807) is 0 Å². The molecule has 1 N–H and O–H groups in total. The van der Waals surface area contributed by atoms with E-state index in [0.29, 0.717) is 18.8 Å². The number of allylic oxidation sites excluding steroid dienone is 1. The number of ether oxygens (including phenoxy) is 1. The molecule has 0 fully saturated rings. The van der Waals surface area contributed by atoms with Gasteiger partial charge in [0.05, 0.1) is 0 Å². The van der Waals surface area contributed by atoms with Crippen molar-refractivity contribution < 1.29 is 4.74 Å². The Bertz CT molecular complexity index is 520. The molecule has 0 atom stereocenters. The zero-order valence-corrected chi connectivity index (χ0v) is 13.6. The van der Waals surface area contributed by atoms with Gasteiger partial charge in [0, 0.05) is 27.1 Å². The largest absolute Gasteiger partial charge is 0.361 e. The average Bonchev–Trinajstić information content (AvgIpc) is 2.75. The number of rotatable bonds is 8. The molecule has 1 heterocycles. The van der Waals surface area contributed by atoms with E-state index < -0.39 is 8.07 Å². The normalized spacial score (nSPS) is 11.1. The van der Waals surface area contributed by atoms with Crippen molar-refractivity contribution in [2.75, 3.05) is 6.61 Å². The van der Waals surface area contributed by atoms with E-state index in [2.05, 4.69) is 32.3 Å². The summed E-state index contributed by atoms with van der Waals surface area (Å²) in [7, 11) is -1.07. The van der Waals surface area contributed by atoms with Crippen molar-refractivity contribution in [3.05, 3.63) is 35.7 Å². The second-order valence-electron chi connectivity index (χ2n) is 6.14. The highest BCUT2D eigenvalue weighted by atomic mass is 28.3. The molecule has 20 heavy (non-hydrogen) atoms. The van der Waals surface area contributed by atoms with Crippen LogP contribution >= 0.6 is 0 Å². The van der Waals surface area contributed by atoms with Crippen LogP contribution in [0.5, 0.6) is 0 Å². The molecule has 1 rings (SSSR count). The van der Waals surface area contributed by atoms with Gasteiger partial charge >= 0.3 is 0 Å². The number of nitriles is 1. The third-order valence-electron chi connectivity index (χ3n) is 2.93. The third kappa shape index (κ3) is 5.55. The van der Waals surface area contributed by atoms with Crippen LogP contribution in [0.4, 0.5) is 0 Å². The molecule has 1 aromatic heterocycles. The van der Waals surface area contributed by atoms with E-state index in [9.17, 15) is 0 Å². The molecule has 0 aromatic carbocycles. The Morgan fingerprint density at radius 1 is 1.55 bits per heavy atom. The van der Waals surface area contributed by atoms with Gasteiger partial charge in [-0.2, -0.15) is 5.26 Å². The molecule has 0 spiro atoms. The maximum absolute atomic E-state index is 9.12. The Hall–Kier alpha value is -1.64. The molecule has 0 saturated heterocycles. The van der Waals surface area contributed by atoms with E-state index in [1.807, 2.05) is 16.8 Å². The van der Waals surface area contributed by atoms with Gasteiger partial charge in [0.25, 0.3) is 0 Å². The summed E-state index contributed by atoms with van der Waals surface area (Å²) < 4.78 is 7.48. The highest BCUT2D eigenvalue weighted by Crippen LogP contribution is 2.13. The van der Waals surface area contributed by atoms with Gasteiger partial charge in [0.15, 0.2) is 0 Å². The number of aromatic nitrogens is 1. The summed E-state index contributed by atoms with van der Waals surface area (Å²) >= 11 is 0. The highest BCUT2D eigenvalue weighted by molar-refractivity contribution is 6.76. The van der Waals surface area contributed by atoms with E-state index >= 15 is 0 Å². The van der Waals surface area contributed by atoms with E-state index in [0.717, 1.165) is 23.8 Å². The Labute approximate surface area is 122 Å².